The normalized spacial score (nSPS) is 18.7. The van der Waals surface area contributed by atoms with Crippen molar-refractivity contribution < 1.29 is 19.1 Å². The molecule has 0 unspecified atom stereocenters. The summed E-state index contributed by atoms with van der Waals surface area (Å²) in [6.45, 7) is 5.66. The van der Waals surface area contributed by atoms with Gasteiger partial charge < -0.3 is 15.0 Å². The Balaban J connectivity index is 1.44. The van der Waals surface area contributed by atoms with E-state index in [1.165, 1.54) is 11.8 Å². The molecule has 2 heterocycles. The third-order valence-corrected chi connectivity index (χ3v) is 6.75. The highest BCUT2D eigenvalue weighted by molar-refractivity contribution is 8.15. The van der Waals surface area contributed by atoms with Crippen molar-refractivity contribution in [1.82, 2.24) is 4.90 Å². The maximum absolute atomic E-state index is 13.1. The number of esters is 1. The zero-order valence-electron chi connectivity index (χ0n) is 18.7. The van der Waals surface area contributed by atoms with Crippen LogP contribution in [0.4, 0.5) is 5.69 Å². The number of ether oxygens (including phenoxy) is 1. The van der Waals surface area contributed by atoms with Gasteiger partial charge in [-0.3, -0.25) is 14.4 Å². The van der Waals surface area contributed by atoms with Gasteiger partial charge >= 0.3 is 5.97 Å². The van der Waals surface area contributed by atoms with Gasteiger partial charge in [-0.25, -0.2) is 0 Å². The number of nitrogens with one attached hydrogen (secondary N) is 1. The number of likely N-dealkylation sites (tertiary alicyclic amines) is 1. The zero-order valence-corrected chi connectivity index (χ0v) is 19.6. The second-order valence-electron chi connectivity index (χ2n) is 8.38. The van der Waals surface area contributed by atoms with E-state index in [2.05, 4.69) is 15.2 Å². The molecule has 2 aliphatic heterocycles. The van der Waals surface area contributed by atoms with Crippen molar-refractivity contribution in [2.45, 2.75) is 44.5 Å². The van der Waals surface area contributed by atoms with Gasteiger partial charge in [-0.05, 0) is 49.9 Å². The highest BCUT2D eigenvalue weighted by Gasteiger charge is 2.35. The van der Waals surface area contributed by atoms with Crippen molar-refractivity contribution in [2.24, 2.45) is 4.99 Å². The number of amidine groups is 1. The molecule has 0 aromatic heterocycles. The quantitative estimate of drug-likeness (QED) is 0.649. The number of hydrogen-bond donors (Lipinski definition) is 1. The fourth-order valence-electron chi connectivity index (χ4n) is 4.04. The molecule has 2 atom stereocenters. The minimum absolute atomic E-state index is 0.134. The number of aryl methyl sites for hydroxylation is 2. The number of hydrogen-bond acceptors (Lipinski definition) is 6. The first-order valence-electron chi connectivity index (χ1n) is 11.1. The van der Waals surface area contributed by atoms with Crippen molar-refractivity contribution in [3.05, 3.63) is 65.2 Å². The number of rotatable bonds is 6. The second-order valence-corrected chi connectivity index (χ2v) is 9.55. The molecule has 0 spiro atoms. The molecule has 2 aliphatic rings. The molecular formula is C25H27N3O4S. The fraction of sp³-hybridized carbons (Fsp3) is 0.360. The Morgan fingerprint density at radius 1 is 1.12 bits per heavy atom. The number of carbonyl (C=O) groups is 3. The third-order valence-electron chi connectivity index (χ3n) is 5.54. The number of benzene rings is 2. The summed E-state index contributed by atoms with van der Waals surface area (Å²) in [5.41, 5.74) is 3.24. The summed E-state index contributed by atoms with van der Waals surface area (Å²) in [4.78, 5) is 44.5. The van der Waals surface area contributed by atoms with Gasteiger partial charge in [-0.1, -0.05) is 48.2 Å². The molecule has 8 heteroatoms. The first kappa shape index (κ1) is 23.0. The van der Waals surface area contributed by atoms with E-state index in [1.54, 1.807) is 24.3 Å². The minimum Gasteiger partial charge on any atom is -0.447 e. The zero-order chi connectivity index (χ0) is 23.4. The molecule has 0 saturated carbocycles. The number of anilines is 1. The van der Waals surface area contributed by atoms with Crippen LogP contribution in [0.15, 0.2) is 53.5 Å². The lowest BCUT2D eigenvalue weighted by atomic mass is 10.1. The SMILES string of the molecule is Cc1cc(C)cc(NC(=O)[C@@H](OC(=O)C[C@H]2SC(N3CCCC3)=NC2=O)c2ccccc2)c1. The summed E-state index contributed by atoms with van der Waals surface area (Å²) in [6, 6.07) is 14.6. The molecule has 0 aliphatic carbocycles. The van der Waals surface area contributed by atoms with Crippen LogP contribution < -0.4 is 5.32 Å². The van der Waals surface area contributed by atoms with Crippen LogP contribution in [0.2, 0.25) is 0 Å². The van der Waals surface area contributed by atoms with E-state index in [0.29, 0.717) is 16.4 Å². The van der Waals surface area contributed by atoms with E-state index in [1.807, 2.05) is 38.1 Å². The van der Waals surface area contributed by atoms with Gasteiger partial charge in [0, 0.05) is 24.3 Å². The molecule has 4 rings (SSSR count). The standard InChI is InChI=1S/C25H27N3O4S/c1-16-12-17(2)14-19(13-16)26-24(31)22(18-8-4-3-5-9-18)32-21(29)15-20-23(30)27-25(33-20)28-10-6-7-11-28/h3-5,8-9,12-14,20,22H,6-7,10-11,15H2,1-2H3,(H,26,31)/t20-,22+/m1/s1. The monoisotopic (exact) mass is 465 g/mol. The summed E-state index contributed by atoms with van der Waals surface area (Å²) in [6.07, 6.45) is 0.897. The molecule has 1 N–H and O–H groups in total. The number of amides is 2. The van der Waals surface area contributed by atoms with Gasteiger partial charge in [-0.2, -0.15) is 4.99 Å². The number of carbonyl (C=O) groups excluding carboxylic acids is 3. The van der Waals surface area contributed by atoms with Crippen LogP contribution in [0.1, 0.15) is 42.1 Å². The maximum Gasteiger partial charge on any atom is 0.308 e. The highest BCUT2D eigenvalue weighted by Crippen LogP contribution is 2.30. The Morgan fingerprint density at radius 2 is 1.79 bits per heavy atom. The van der Waals surface area contributed by atoms with E-state index in [0.717, 1.165) is 37.1 Å². The van der Waals surface area contributed by atoms with Crippen molar-refractivity contribution in [3.63, 3.8) is 0 Å². The number of aliphatic imine (C=N–C) groups is 1. The van der Waals surface area contributed by atoms with Gasteiger partial charge in [0.1, 0.15) is 5.25 Å². The Labute approximate surface area is 197 Å². The molecule has 0 radical (unpaired) electrons. The van der Waals surface area contributed by atoms with Crippen LogP contribution in [0.3, 0.4) is 0 Å². The van der Waals surface area contributed by atoms with Crippen LogP contribution in [0.5, 0.6) is 0 Å². The van der Waals surface area contributed by atoms with Crippen LogP contribution in [-0.4, -0.2) is 46.2 Å². The smallest absolute Gasteiger partial charge is 0.308 e. The van der Waals surface area contributed by atoms with E-state index >= 15 is 0 Å². The molecule has 0 bridgehead atoms. The van der Waals surface area contributed by atoms with Gasteiger partial charge in [0.25, 0.3) is 11.8 Å². The number of nitrogens with zero attached hydrogens (tertiary/aromatic N) is 2. The molecule has 33 heavy (non-hydrogen) atoms. The maximum atomic E-state index is 13.1. The van der Waals surface area contributed by atoms with E-state index in [-0.39, 0.29) is 12.3 Å². The van der Waals surface area contributed by atoms with Crippen LogP contribution in [0.25, 0.3) is 0 Å². The largest absolute Gasteiger partial charge is 0.447 e. The van der Waals surface area contributed by atoms with Crippen LogP contribution in [-0.2, 0) is 19.1 Å². The lowest BCUT2D eigenvalue weighted by Crippen LogP contribution is -2.28. The van der Waals surface area contributed by atoms with Crippen LogP contribution in [0, 0.1) is 13.8 Å². The van der Waals surface area contributed by atoms with Crippen molar-refractivity contribution >= 4 is 40.4 Å². The summed E-state index contributed by atoms with van der Waals surface area (Å²) in [7, 11) is 0. The first-order valence-corrected chi connectivity index (χ1v) is 11.9. The molecular weight excluding hydrogens is 438 g/mol. The Kier molecular flexibility index (Phi) is 7.13. The van der Waals surface area contributed by atoms with E-state index < -0.39 is 23.2 Å². The van der Waals surface area contributed by atoms with Crippen molar-refractivity contribution in [2.75, 3.05) is 18.4 Å². The Morgan fingerprint density at radius 3 is 2.45 bits per heavy atom. The molecule has 1 saturated heterocycles. The molecule has 2 aromatic carbocycles. The summed E-state index contributed by atoms with van der Waals surface area (Å²) in [5, 5.41) is 2.92. The van der Waals surface area contributed by atoms with Crippen molar-refractivity contribution in [1.29, 1.82) is 0 Å². The lowest BCUT2D eigenvalue weighted by Gasteiger charge is -2.19. The van der Waals surface area contributed by atoms with Crippen LogP contribution >= 0.6 is 11.8 Å². The first-order chi connectivity index (χ1) is 15.9. The highest BCUT2D eigenvalue weighted by atomic mass is 32.2. The topological polar surface area (TPSA) is 88.1 Å². The molecule has 7 nitrogen and oxygen atoms in total. The summed E-state index contributed by atoms with van der Waals surface area (Å²) >= 11 is 1.31. The average molecular weight is 466 g/mol. The molecule has 172 valence electrons. The third kappa shape index (κ3) is 5.82. The van der Waals surface area contributed by atoms with E-state index in [4.69, 9.17) is 4.74 Å². The average Bonchev–Trinajstić information content (AvgIpc) is 3.42. The molecule has 2 amide bonds. The van der Waals surface area contributed by atoms with Crippen molar-refractivity contribution in [3.8, 4) is 0 Å². The van der Waals surface area contributed by atoms with E-state index in [9.17, 15) is 14.4 Å². The van der Waals surface area contributed by atoms with Gasteiger partial charge in [-0.15, -0.1) is 0 Å². The van der Waals surface area contributed by atoms with Gasteiger partial charge in [0.15, 0.2) is 5.17 Å². The van der Waals surface area contributed by atoms with Gasteiger partial charge in [0.05, 0.1) is 6.42 Å². The summed E-state index contributed by atoms with van der Waals surface area (Å²) < 4.78 is 5.62. The second kappa shape index (κ2) is 10.2. The Bertz CT molecular complexity index is 1060. The predicted octanol–water partition coefficient (Wildman–Crippen LogP) is 4.01. The molecule has 2 aromatic rings. The molecule has 1 fully saturated rings. The number of thioether (sulfide) groups is 1. The predicted molar refractivity (Wildman–Crippen MR) is 129 cm³/mol. The Hall–Kier alpha value is -3.13. The van der Waals surface area contributed by atoms with Gasteiger partial charge in [0.2, 0.25) is 6.10 Å². The summed E-state index contributed by atoms with van der Waals surface area (Å²) in [5.74, 6) is -1.38. The minimum atomic E-state index is -1.13. The fourth-order valence-corrected chi connectivity index (χ4v) is 5.14. The lowest BCUT2D eigenvalue weighted by molar-refractivity contribution is -0.155.